The highest BCUT2D eigenvalue weighted by molar-refractivity contribution is 9.10. The highest BCUT2D eigenvalue weighted by atomic mass is 79.9. The van der Waals surface area contributed by atoms with Gasteiger partial charge in [-0.1, -0.05) is 15.9 Å². The lowest BCUT2D eigenvalue weighted by Crippen LogP contribution is -2.04. The van der Waals surface area contributed by atoms with Crippen molar-refractivity contribution in [1.82, 2.24) is 0 Å². The van der Waals surface area contributed by atoms with E-state index < -0.39 is 6.61 Å². The van der Waals surface area contributed by atoms with Crippen LogP contribution >= 0.6 is 27.5 Å². The Morgan fingerprint density at radius 2 is 2.13 bits per heavy atom. The monoisotopic (exact) mass is 298 g/mol. The van der Waals surface area contributed by atoms with E-state index in [-0.39, 0.29) is 5.75 Å². The number of rotatable bonds is 5. The molecule has 1 aromatic rings. The summed E-state index contributed by atoms with van der Waals surface area (Å²) >= 11 is 8.83. The summed E-state index contributed by atoms with van der Waals surface area (Å²) in [5.41, 5.74) is 0.741. The van der Waals surface area contributed by atoms with Crippen molar-refractivity contribution < 1.29 is 13.5 Å². The number of hydrogen-bond donors (Lipinski definition) is 0. The maximum absolute atomic E-state index is 12.1. The average molecular weight is 300 g/mol. The van der Waals surface area contributed by atoms with Gasteiger partial charge in [0.05, 0.1) is 0 Å². The van der Waals surface area contributed by atoms with Gasteiger partial charge in [-0.05, 0) is 36.6 Å². The number of ether oxygens (including phenoxy) is 1. The van der Waals surface area contributed by atoms with Crippen LogP contribution in [0, 0.1) is 0 Å². The molecule has 0 fully saturated rings. The lowest BCUT2D eigenvalue weighted by molar-refractivity contribution is -0.0504. The summed E-state index contributed by atoms with van der Waals surface area (Å²) in [4.78, 5) is 0. The molecule has 0 radical (unpaired) electrons. The molecule has 1 rings (SSSR count). The molecule has 0 unspecified atom stereocenters. The first-order valence-corrected chi connectivity index (χ1v) is 5.75. The normalized spacial score (nSPS) is 10.7. The van der Waals surface area contributed by atoms with Crippen LogP contribution in [0.25, 0.3) is 0 Å². The lowest BCUT2D eigenvalue weighted by Gasteiger charge is -2.10. The summed E-state index contributed by atoms with van der Waals surface area (Å²) in [5.74, 6) is 0.721. The van der Waals surface area contributed by atoms with Gasteiger partial charge in [-0.2, -0.15) is 8.78 Å². The summed E-state index contributed by atoms with van der Waals surface area (Å²) in [5, 5.41) is 0. The number of halogens is 4. The van der Waals surface area contributed by atoms with Crippen LogP contribution in [0.5, 0.6) is 5.75 Å². The van der Waals surface area contributed by atoms with Gasteiger partial charge in [0.15, 0.2) is 0 Å². The molecule has 0 aliphatic heterocycles. The molecule has 1 nitrogen and oxygen atoms in total. The summed E-state index contributed by atoms with van der Waals surface area (Å²) in [6.07, 6.45) is 1.36. The largest absolute Gasteiger partial charge is 0.435 e. The van der Waals surface area contributed by atoms with Crippen LogP contribution in [0.4, 0.5) is 8.78 Å². The Bertz CT molecular complexity index is 320. The summed E-state index contributed by atoms with van der Waals surface area (Å²) in [6.45, 7) is -2.79. The minimum Gasteiger partial charge on any atom is -0.435 e. The molecule has 15 heavy (non-hydrogen) atoms. The number of aryl methyl sites for hydroxylation is 1. The fraction of sp³-hybridized carbons (Fsp3) is 0.400. The molecule has 0 amide bonds. The fourth-order valence-corrected chi connectivity index (χ4v) is 1.75. The first-order valence-electron chi connectivity index (χ1n) is 4.42. The van der Waals surface area contributed by atoms with E-state index in [0.29, 0.717) is 12.3 Å². The molecule has 0 bridgehead atoms. The molecule has 1 aromatic carbocycles. The van der Waals surface area contributed by atoms with Gasteiger partial charge >= 0.3 is 6.61 Å². The Morgan fingerprint density at radius 1 is 1.40 bits per heavy atom. The van der Waals surface area contributed by atoms with Gasteiger partial charge in [-0.25, -0.2) is 0 Å². The third-order valence-electron chi connectivity index (χ3n) is 1.82. The highest BCUT2D eigenvalue weighted by Crippen LogP contribution is 2.25. The molecule has 0 N–H and O–H groups in total. The third-order valence-corrected chi connectivity index (χ3v) is 2.58. The molecule has 0 aliphatic carbocycles. The van der Waals surface area contributed by atoms with E-state index in [9.17, 15) is 8.78 Å². The second-order valence-corrected chi connectivity index (χ2v) is 4.22. The average Bonchev–Trinajstić information content (AvgIpc) is 2.18. The van der Waals surface area contributed by atoms with Crippen LogP contribution in [0.15, 0.2) is 22.7 Å². The molecule has 84 valence electrons. The quantitative estimate of drug-likeness (QED) is 0.740. The smallest absolute Gasteiger partial charge is 0.387 e. The molecule has 5 heteroatoms. The Hall–Kier alpha value is -0.350. The molecule has 0 saturated heterocycles. The Kier molecular flexibility index (Phi) is 5.32. The Morgan fingerprint density at radius 3 is 2.73 bits per heavy atom. The van der Waals surface area contributed by atoms with E-state index in [2.05, 4.69) is 20.7 Å². The zero-order chi connectivity index (χ0) is 11.3. The van der Waals surface area contributed by atoms with Gasteiger partial charge in [0.25, 0.3) is 0 Å². The van der Waals surface area contributed by atoms with E-state index in [1.54, 1.807) is 12.1 Å². The predicted octanol–water partition coefficient (Wildman–Crippen LogP) is 4.22. The number of hydrogen-bond acceptors (Lipinski definition) is 1. The van der Waals surface area contributed by atoms with E-state index >= 15 is 0 Å². The summed E-state index contributed by atoms with van der Waals surface area (Å²) in [6, 6.07) is 4.96. The van der Waals surface area contributed by atoms with Gasteiger partial charge in [0, 0.05) is 10.4 Å². The van der Waals surface area contributed by atoms with Crippen LogP contribution < -0.4 is 4.74 Å². The Labute approximate surface area is 101 Å². The minimum atomic E-state index is -2.79. The Balaban J connectivity index is 2.82. The second kappa shape index (κ2) is 6.28. The molecule has 0 atom stereocenters. The third kappa shape index (κ3) is 4.34. The van der Waals surface area contributed by atoms with Gasteiger partial charge in [0.2, 0.25) is 0 Å². The minimum absolute atomic E-state index is 0.221. The van der Waals surface area contributed by atoms with Crippen molar-refractivity contribution in [3.8, 4) is 5.75 Å². The number of alkyl halides is 3. The molecule has 0 heterocycles. The lowest BCUT2D eigenvalue weighted by atomic mass is 10.1. The number of benzene rings is 1. The topological polar surface area (TPSA) is 9.23 Å². The molecule has 0 saturated carbocycles. The van der Waals surface area contributed by atoms with Crippen molar-refractivity contribution in [3.05, 3.63) is 28.2 Å². The van der Waals surface area contributed by atoms with Gasteiger partial charge in [0.1, 0.15) is 5.75 Å². The standard InChI is InChI=1S/C10H10BrClF2O/c11-8-3-4-9(15-10(13)14)7(6-8)2-1-5-12/h3-4,6,10H,1-2,5H2. The van der Waals surface area contributed by atoms with Crippen molar-refractivity contribution in [3.63, 3.8) is 0 Å². The van der Waals surface area contributed by atoms with E-state index in [0.717, 1.165) is 16.5 Å². The van der Waals surface area contributed by atoms with Crippen LogP contribution in [0.2, 0.25) is 0 Å². The summed E-state index contributed by atoms with van der Waals surface area (Å²) < 4.78 is 29.4. The van der Waals surface area contributed by atoms with Crippen LogP contribution in [-0.2, 0) is 6.42 Å². The van der Waals surface area contributed by atoms with Crippen LogP contribution in [-0.4, -0.2) is 12.5 Å². The molecule has 0 spiro atoms. The van der Waals surface area contributed by atoms with Crippen LogP contribution in [0.3, 0.4) is 0 Å². The predicted molar refractivity (Wildman–Crippen MR) is 59.8 cm³/mol. The molecular weight excluding hydrogens is 289 g/mol. The zero-order valence-electron chi connectivity index (χ0n) is 7.85. The molecular formula is C10H10BrClF2O. The van der Waals surface area contributed by atoms with Crippen molar-refractivity contribution in [1.29, 1.82) is 0 Å². The first-order chi connectivity index (χ1) is 7.13. The summed E-state index contributed by atoms with van der Waals surface area (Å²) in [7, 11) is 0. The zero-order valence-corrected chi connectivity index (χ0v) is 10.2. The second-order valence-electron chi connectivity index (χ2n) is 2.92. The maximum Gasteiger partial charge on any atom is 0.387 e. The SMILES string of the molecule is FC(F)Oc1ccc(Br)cc1CCCCl. The van der Waals surface area contributed by atoms with E-state index in [1.165, 1.54) is 6.07 Å². The van der Waals surface area contributed by atoms with Crippen LogP contribution in [0.1, 0.15) is 12.0 Å². The fourth-order valence-electron chi connectivity index (χ4n) is 1.21. The van der Waals surface area contributed by atoms with E-state index in [4.69, 9.17) is 11.6 Å². The van der Waals surface area contributed by atoms with Crippen molar-refractivity contribution in [2.75, 3.05) is 5.88 Å². The van der Waals surface area contributed by atoms with Crippen molar-refractivity contribution in [2.45, 2.75) is 19.5 Å². The highest BCUT2D eigenvalue weighted by Gasteiger charge is 2.09. The molecule has 0 aliphatic rings. The first kappa shape index (κ1) is 12.7. The van der Waals surface area contributed by atoms with Gasteiger partial charge in [-0.3, -0.25) is 0 Å². The molecule has 0 aromatic heterocycles. The van der Waals surface area contributed by atoms with Gasteiger partial charge < -0.3 is 4.74 Å². The van der Waals surface area contributed by atoms with Crippen molar-refractivity contribution >= 4 is 27.5 Å². The van der Waals surface area contributed by atoms with Gasteiger partial charge in [-0.15, -0.1) is 11.6 Å². The maximum atomic E-state index is 12.1. The van der Waals surface area contributed by atoms with E-state index in [1.807, 2.05) is 0 Å². The van der Waals surface area contributed by atoms with Crippen molar-refractivity contribution in [2.24, 2.45) is 0 Å².